The van der Waals surface area contributed by atoms with Crippen molar-refractivity contribution in [3.63, 3.8) is 0 Å². The first kappa shape index (κ1) is 17.4. The first-order valence-electron chi connectivity index (χ1n) is 6.37. The lowest BCUT2D eigenvalue weighted by molar-refractivity contribution is -0.123. The van der Waals surface area contributed by atoms with E-state index in [1.54, 1.807) is 13.8 Å². The number of hydrogen-bond acceptors (Lipinski definition) is 4. The van der Waals surface area contributed by atoms with Crippen LogP contribution in [-0.2, 0) is 4.79 Å². The van der Waals surface area contributed by atoms with Crippen LogP contribution in [0.25, 0.3) is 0 Å². The maximum Gasteiger partial charge on any atom is 0.290 e. The molecule has 1 heterocycles. The summed E-state index contributed by atoms with van der Waals surface area (Å²) in [7, 11) is 0. The fourth-order valence-electron chi connectivity index (χ4n) is 1.40. The van der Waals surface area contributed by atoms with Gasteiger partial charge in [-0.1, -0.05) is 13.8 Å². The summed E-state index contributed by atoms with van der Waals surface area (Å²) in [6.45, 7) is 4.01. The summed E-state index contributed by atoms with van der Waals surface area (Å²) in [6.07, 6.45) is 1.35. The zero-order valence-electron chi connectivity index (χ0n) is 11.7. The number of nitrogens with zero attached hydrogens (tertiary/aromatic N) is 1. The van der Waals surface area contributed by atoms with Gasteiger partial charge >= 0.3 is 0 Å². The van der Waals surface area contributed by atoms with Crippen molar-refractivity contribution in [1.82, 2.24) is 15.6 Å². The largest absolute Gasteiger partial charge is 0.354 e. The highest BCUT2D eigenvalue weighted by Gasteiger charge is 2.16. The second-order valence-electron chi connectivity index (χ2n) is 4.44. The van der Waals surface area contributed by atoms with Gasteiger partial charge in [0.15, 0.2) is 0 Å². The third-order valence-electron chi connectivity index (χ3n) is 2.45. The number of nitrogens with one attached hydrogen (secondary N) is 2. The van der Waals surface area contributed by atoms with E-state index in [9.17, 15) is 18.4 Å². The lowest BCUT2D eigenvalue weighted by Gasteiger charge is -2.10. The summed E-state index contributed by atoms with van der Waals surface area (Å²) >= 11 is 0.226. The number of aromatic nitrogens is 1. The molecule has 8 heteroatoms. The van der Waals surface area contributed by atoms with Crippen molar-refractivity contribution in [2.75, 3.05) is 13.1 Å². The van der Waals surface area contributed by atoms with Gasteiger partial charge in [-0.3, -0.25) is 9.59 Å². The maximum absolute atomic E-state index is 12.4. The van der Waals surface area contributed by atoms with E-state index in [1.807, 2.05) is 0 Å². The standard InChI is InChI=1S/C13H17F2N3O2S/c1-8(2)10(19)16-6-7-17-11(20)9-4-3-5-18-12(9)21-13(14)15/h3-5,8,13H,6-7H2,1-2H3,(H,16,19)(H,17,20). The van der Waals surface area contributed by atoms with Crippen LogP contribution in [0.1, 0.15) is 24.2 Å². The average Bonchev–Trinajstić information content (AvgIpc) is 2.42. The molecule has 0 fully saturated rings. The lowest BCUT2D eigenvalue weighted by atomic mass is 10.2. The summed E-state index contributed by atoms with van der Waals surface area (Å²) in [4.78, 5) is 27.0. The van der Waals surface area contributed by atoms with Crippen LogP contribution in [0, 0.1) is 5.92 Å². The van der Waals surface area contributed by atoms with Gasteiger partial charge in [0.2, 0.25) is 5.91 Å². The maximum atomic E-state index is 12.4. The molecule has 1 aromatic rings. The third kappa shape index (κ3) is 6.07. The van der Waals surface area contributed by atoms with Gasteiger partial charge in [0.05, 0.1) is 5.56 Å². The van der Waals surface area contributed by atoms with E-state index in [4.69, 9.17) is 0 Å². The Kier molecular flexibility index (Phi) is 7.07. The predicted octanol–water partition coefficient (Wildman–Crippen LogP) is 1.90. The van der Waals surface area contributed by atoms with Gasteiger partial charge < -0.3 is 10.6 Å². The molecular weight excluding hydrogens is 300 g/mol. The summed E-state index contributed by atoms with van der Waals surface area (Å²) in [5.74, 6) is -3.38. The molecule has 0 unspecified atom stereocenters. The smallest absolute Gasteiger partial charge is 0.290 e. The Morgan fingerprint density at radius 1 is 1.29 bits per heavy atom. The molecule has 1 aromatic heterocycles. The van der Waals surface area contributed by atoms with Crippen molar-refractivity contribution in [3.8, 4) is 0 Å². The molecule has 1 rings (SSSR count). The Morgan fingerprint density at radius 3 is 2.57 bits per heavy atom. The van der Waals surface area contributed by atoms with E-state index < -0.39 is 11.7 Å². The second-order valence-corrected chi connectivity index (χ2v) is 5.41. The van der Waals surface area contributed by atoms with E-state index in [0.29, 0.717) is 0 Å². The van der Waals surface area contributed by atoms with Crippen molar-refractivity contribution in [2.24, 2.45) is 5.92 Å². The SMILES string of the molecule is CC(C)C(=O)NCCNC(=O)c1cccnc1SC(F)F. The quantitative estimate of drug-likeness (QED) is 0.595. The number of carbonyl (C=O) groups is 2. The van der Waals surface area contributed by atoms with Gasteiger partial charge in [0.1, 0.15) is 5.03 Å². The number of hydrogen-bond donors (Lipinski definition) is 2. The Hall–Kier alpha value is -1.70. The molecular formula is C13H17F2N3O2S. The Labute approximate surface area is 125 Å². The van der Waals surface area contributed by atoms with Crippen LogP contribution < -0.4 is 10.6 Å². The van der Waals surface area contributed by atoms with Crippen molar-refractivity contribution in [3.05, 3.63) is 23.9 Å². The molecule has 0 spiro atoms. The van der Waals surface area contributed by atoms with Crippen LogP contribution in [0.4, 0.5) is 8.78 Å². The minimum Gasteiger partial charge on any atom is -0.354 e. The average molecular weight is 317 g/mol. The summed E-state index contributed by atoms with van der Waals surface area (Å²) in [5, 5.41) is 5.18. The molecule has 0 saturated carbocycles. The normalized spacial score (nSPS) is 10.8. The van der Waals surface area contributed by atoms with Gasteiger partial charge in [-0.15, -0.1) is 0 Å². The van der Waals surface area contributed by atoms with Gasteiger partial charge in [0, 0.05) is 25.2 Å². The molecule has 2 amide bonds. The molecule has 0 bridgehead atoms. The molecule has 5 nitrogen and oxygen atoms in total. The van der Waals surface area contributed by atoms with Crippen molar-refractivity contribution in [1.29, 1.82) is 0 Å². The zero-order valence-corrected chi connectivity index (χ0v) is 12.5. The van der Waals surface area contributed by atoms with Crippen LogP contribution in [0.3, 0.4) is 0 Å². The van der Waals surface area contributed by atoms with E-state index in [-0.39, 0.29) is 47.3 Å². The fraction of sp³-hybridized carbons (Fsp3) is 0.462. The highest BCUT2D eigenvalue weighted by molar-refractivity contribution is 7.99. The number of halogens is 2. The van der Waals surface area contributed by atoms with Gasteiger partial charge in [0.25, 0.3) is 11.7 Å². The van der Waals surface area contributed by atoms with E-state index in [2.05, 4.69) is 15.6 Å². The Morgan fingerprint density at radius 2 is 1.95 bits per heavy atom. The predicted molar refractivity (Wildman–Crippen MR) is 76.3 cm³/mol. The molecule has 0 aliphatic rings. The molecule has 2 N–H and O–H groups in total. The molecule has 21 heavy (non-hydrogen) atoms. The highest BCUT2D eigenvalue weighted by atomic mass is 32.2. The summed E-state index contributed by atoms with van der Waals surface area (Å²) < 4.78 is 24.8. The summed E-state index contributed by atoms with van der Waals surface area (Å²) in [5.41, 5.74) is 0.0954. The van der Waals surface area contributed by atoms with Crippen molar-refractivity contribution >= 4 is 23.6 Å². The highest BCUT2D eigenvalue weighted by Crippen LogP contribution is 2.26. The van der Waals surface area contributed by atoms with Crippen LogP contribution in [0.2, 0.25) is 0 Å². The molecule has 0 aliphatic heterocycles. The lowest BCUT2D eigenvalue weighted by Crippen LogP contribution is -2.36. The second kappa shape index (κ2) is 8.56. The number of pyridine rings is 1. The Balaban J connectivity index is 2.51. The van der Waals surface area contributed by atoms with Crippen LogP contribution in [0.15, 0.2) is 23.4 Å². The number of amides is 2. The van der Waals surface area contributed by atoms with E-state index >= 15 is 0 Å². The molecule has 0 saturated heterocycles. The number of rotatable bonds is 7. The van der Waals surface area contributed by atoms with Gasteiger partial charge in [-0.25, -0.2) is 4.98 Å². The molecule has 0 aromatic carbocycles. The molecule has 0 atom stereocenters. The Bertz CT molecular complexity index is 498. The van der Waals surface area contributed by atoms with Gasteiger partial charge in [-0.05, 0) is 23.9 Å². The first-order valence-corrected chi connectivity index (χ1v) is 7.25. The fourth-order valence-corrected chi connectivity index (χ4v) is 1.98. The monoisotopic (exact) mass is 317 g/mol. The molecule has 0 aliphatic carbocycles. The zero-order chi connectivity index (χ0) is 15.8. The van der Waals surface area contributed by atoms with Crippen LogP contribution in [0.5, 0.6) is 0 Å². The minimum absolute atomic E-state index is 0.0174. The van der Waals surface area contributed by atoms with E-state index in [0.717, 1.165) is 0 Å². The third-order valence-corrected chi connectivity index (χ3v) is 3.18. The molecule has 116 valence electrons. The number of alkyl halides is 2. The van der Waals surface area contributed by atoms with Gasteiger partial charge in [-0.2, -0.15) is 8.78 Å². The number of carbonyl (C=O) groups excluding carboxylic acids is 2. The van der Waals surface area contributed by atoms with Crippen molar-refractivity contribution in [2.45, 2.75) is 24.6 Å². The summed E-state index contributed by atoms with van der Waals surface area (Å²) in [6, 6.07) is 2.94. The van der Waals surface area contributed by atoms with Crippen LogP contribution in [-0.4, -0.2) is 35.6 Å². The molecule has 0 radical (unpaired) electrons. The minimum atomic E-state index is -2.64. The topological polar surface area (TPSA) is 71.1 Å². The number of thioether (sulfide) groups is 1. The first-order chi connectivity index (χ1) is 9.91. The van der Waals surface area contributed by atoms with Crippen molar-refractivity contribution < 1.29 is 18.4 Å². The van der Waals surface area contributed by atoms with Crippen LogP contribution >= 0.6 is 11.8 Å². The van der Waals surface area contributed by atoms with E-state index in [1.165, 1.54) is 18.3 Å².